The molecule has 0 aliphatic rings. The van der Waals surface area contributed by atoms with E-state index >= 15 is 0 Å². The van der Waals surface area contributed by atoms with Gasteiger partial charge in [-0.25, -0.2) is 8.42 Å². The van der Waals surface area contributed by atoms with Gasteiger partial charge in [-0.05, 0) is 17.6 Å². The Hall–Kier alpha value is -1.66. The number of hydrogen-bond acceptors (Lipinski definition) is 3. The zero-order chi connectivity index (χ0) is 15.2. The van der Waals surface area contributed by atoms with Gasteiger partial charge in [-0.3, -0.25) is 4.79 Å². The van der Waals surface area contributed by atoms with Crippen molar-refractivity contribution in [3.8, 4) is 0 Å². The van der Waals surface area contributed by atoms with Crippen molar-refractivity contribution in [1.29, 1.82) is 0 Å². The number of carboxylic acids is 1. The molecule has 6 heteroatoms. The minimum atomic E-state index is -3.74. The molecule has 0 atom stereocenters. The van der Waals surface area contributed by atoms with Crippen LogP contribution in [0.1, 0.15) is 19.4 Å². The van der Waals surface area contributed by atoms with E-state index in [1.807, 2.05) is 19.9 Å². The van der Waals surface area contributed by atoms with Gasteiger partial charge in [0, 0.05) is 12.0 Å². The van der Waals surface area contributed by atoms with Gasteiger partial charge >= 0.3 is 5.97 Å². The van der Waals surface area contributed by atoms with Crippen LogP contribution in [-0.4, -0.2) is 36.9 Å². The van der Waals surface area contributed by atoms with Gasteiger partial charge in [0.15, 0.2) is 0 Å². The van der Waals surface area contributed by atoms with E-state index in [4.69, 9.17) is 5.11 Å². The minimum Gasteiger partial charge on any atom is -0.480 e. The molecule has 0 saturated heterocycles. The summed E-state index contributed by atoms with van der Waals surface area (Å²) in [5, 5.41) is 9.86. The van der Waals surface area contributed by atoms with Crippen molar-refractivity contribution in [3.05, 3.63) is 41.3 Å². The van der Waals surface area contributed by atoms with Crippen molar-refractivity contribution in [2.75, 3.05) is 13.1 Å². The fourth-order valence-electron chi connectivity index (χ4n) is 1.63. The van der Waals surface area contributed by atoms with Crippen LogP contribution in [0.25, 0.3) is 6.08 Å². The number of carboxylic acid groups (broad SMARTS) is 1. The number of benzene rings is 1. The van der Waals surface area contributed by atoms with E-state index < -0.39 is 22.5 Å². The molecule has 0 amide bonds. The normalized spacial score (nSPS) is 12.4. The molecule has 1 rings (SSSR count). The lowest BCUT2D eigenvalue weighted by Gasteiger charge is -2.20. The Morgan fingerprint density at radius 1 is 1.30 bits per heavy atom. The molecule has 0 aromatic heterocycles. The van der Waals surface area contributed by atoms with Gasteiger partial charge in [0.25, 0.3) is 0 Å². The molecule has 0 bridgehead atoms. The Kier molecular flexibility index (Phi) is 5.91. The van der Waals surface area contributed by atoms with E-state index in [2.05, 4.69) is 0 Å². The summed E-state index contributed by atoms with van der Waals surface area (Å²) in [6.45, 7) is 3.32. The smallest absolute Gasteiger partial charge is 0.318 e. The number of aliphatic carboxylic acids is 1. The maximum Gasteiger partial charge on any atom is 0.318 e. The molecule has 0 aliphatic carbocycles. The Balaban J connectivity index is 2.92. The van der Waals surface area contributed by atoms with Crippen LogP contribution in [0.15, 0.2) is 35.7 Å². The van der Waals surface area contributed by atoms with Gasteiger partial charge in [-0.1, -0.05) is 44.2 Å². The van der Waals surface area contributed by atoms with E-state index in [0.717, 1.165) is 15.3 Å². The molecule has 0 unspecified atom stereocenters. The molecule has 0 radical (unpaired) electrons. The fraction of sp³-hybridized carbons (Fsp3) is 0.357. The van der Waals surface area contributed by atoms with Crippen molar-refractivity contribution in [2.24, 2.45) is 5.92 Å². The molecule has 110 valence electrons. The summed E-state index contributed by atoms with van der Waals surface area (Å²) in [5.74, 6) is -1.11. The van der Waals surface area contributed by atoms with Crippen molar-refractivity contribution < 1.29 is 18.3 Å². The summed E-state index contributed by atoms with van der Waals surface area (Å²) in [5.41, 5.74) is 0.746. The molecule has 5 nitrogen and oxygen atoms in total. The number of rotatable bonds is 7. The van der Waals surface area contributed by atoms with Crippen molar-refractivity contribution in [2.45, 2.75) is 13.8 Å². The van der Waals surface area contributed by atoms with E-state index in [1.54, 1.807) is 24.3 Å². The lowest BCUT2D eigenvalue weighted by molar-refractivity contribution is -0.137. The van der Waals surface area contributed by atoms with E-state index in [0.29, 0.717) is 0 Å². The van der Waals surface area contributed by atoms with Crippen LogP contribution in [-0.2, 0) is 14.8 Å². The first-order valence-electron chi connectivity index (χ1n) is 6.26. The second-order valence-corrected chi connectivity index (χ2v) is 6.66. The summed E-state index contributed by atoms with van der Waals surface area (Å²) < 4.78 is 25.3. The standard InChI is InChI=1S/C14H19NO4S/c1-12(2)10-15(11-14(16)17)20(18,19)9-8-13-6-4-3-5-7-13/h3-9,12H,10-11H2,1-2H3,(H,16,17). The van der Waals surface area contributed by atoms with Gasteiger partial charge < -0.3 is 5.11 Å². The quantitative estimate of drug-likeness (QED) is 0.835. The van der Waals surface area contributed by atoms with Crippen LogP contribution in [0.3, 0.4) is 0 Å². The number of sulfonamides is 1. The predicted octanol–water partition coefficient (Wildman–Crippen LogP) is 2.03. The largest absolute Gasteiger partial charge is 0.480 e. The molecule has 1 aromatic rings. The second kappa shape index (κ2) is 7.21. The molecule has 20 heavy (non-hydrogen) atoms. The summed E-state index contributed by atoms with van der Waals surface area (Å²) >= 11 is 0. The van der Waals surface area contributed by atoms with Crippen LogP contribution >= 0.6 is 0 Å². The van der Waals surface area contributed by atoms with Gasteiger partial charge in [-0.15, -0.1) is 0 Å². The predicted molar refractivity (Wildman–Crippen MR) is 78.4 cm³/mol. The highest BCUT2D eigenvalue weighted by molar-refractivity contribution is 7.92. The molecular weight excluding hydrogens is 278 g/mol. The molecule has 0 spiro atoms. The van der Waals surface area contributed by atoms with Crippen LogP contribution in [0.2, 0.25) is 0 Å². The molecule has 1 aromatic carbocycles. The molecule has 0 heterocycles. The lowest BCUT2D eigenvalue weighted by atomic mass is 10.2. The summed E-state index contributed by atoms with van der Waals surface area (Å²) in [6.07, 6.45) is 1.46. The van der Waals surface area contributed by atoms with Crippen LogP contribution in [0, 0.1) is 5.92 Å². The maximum atomic E-state index is 12.2. The summed E-state index contributed by atoms with van der Waals surface area (Å²) in [7, 11) is -3.74. The van der Waals surface area contributed by atoms with Gasteiger partial charge in [0.05, 0.1) is 0 Å². The Labute approximate surface area is 119 Å². The topological polar surface area (TPSA) is 74.7 Å². The highest BCUT2D eigenvalue weighted by Gasteiger charge is 2.22. The monoisotopic (exact) mass is 297 g/mol. The van der Waals surface area contributed by atoms with Gasteiger partial charge in [0.2, 0.25) is 10.0 Å². The van der Waals surface area contributed by atoms with Gasteiger partial charge in [0.1, 0.15) is 6.54 Å². The van der Waals surface area contributed by atoms with Crippen molar-refractivity contribution >= 4 is 22.1 Å². The van der Waals surface area contributed by atoms with Crippen molar-refractivity contribution in [1.82, 2.24) is 4.31 Å². The third kappa shape index (κ3) is 5.54. The molecule has 0 aliphatic heterocycles. The van der Waals surface area contributed by atoms with Crippen LogP contribution in [0.4, 0.5) is 0 Å². The zero-order valence-corrected chi connectivity index (χ0v) is 12.4. The highest BCUT2D eigenvalue weighted by atomic mass is 32.2. The molecule has 1 N–H and O–H groups in total. The average Bonchev–Trinajstić information content (AvgIpc) is 2.36. The number of nitrogens with zero attached hydrogens (tertiary/aromatic N) is 1. The second-order valence-electron chi connectivity index (χ2n) is 4.84. The minimum absolute atomic E-state index is 0.0502. The average molecular weight is 297 g/mol. The number of carbonyl (C=O) groups is 1. The Bertz CT molecular complexity index is 564. The van der Waals surface area contributed by atoms with E-state index in [-0.39, 0.29) is 12.5 Å². The lowest BCUT2D eigenvalue weighted by Crippen LogP contribution is -2.37. The highest BCUT2D eigenvalue weighted by Crippen LogP contribution is 2.10. The zero-order valence-electron chi connectivity index (χ0n) is 11.6. The SMILES string of the molecule is CC(C)CN(CC(=O)O)S(=O)(=O)C=Cc1ccccc1. The third-order valence-electron chi connectivity index (χ3n) is 2.47. The molecule has 0 fully saturated rings. The number of hydrogen-bond donors (Lipinski definition) is 1. The van der Waals surface area contributed by atoms with Crippen LogP contribution < -0.4 is 0 Å². The van der Waals surface area contributed by atoms with Crippen molar-refractivity contribution in [3.63, 3.8) is 0 Å². The first-order chi connectivity index (χ1) is 9.31. The van der Waals surface area contributed by atoms with E-state index in [9.17, 15) is 13.2 Å². The summed E-state index contributed by atoms with van der Waals surface area (Å²) in [6, 6.07) is 8.98. The molecule has 0 saturated carbocycles. The Morgan fingerprint density at radius 2 is 1.90 bits per heavy atom. The maximum absolute atomic E-state index is 12.2. The third-order valence-corrected chi connectivity index (χ3v) is 3.95. The first-order valence-corrected chi connectivity index (χ1v) is 7.76. The van der Waals surface area contributed by atoms with Crippen LogP contribution in [0.5, 0.6) is 0 Å². The summed E-state index contributed by atoms with van der Waals surface area (Å²) in [4.78, 5) is 10.8. The van der Waals surface area contributed by atoms with Gasteiger partial charge in [-0.2, -0.15) is 4.31 Å². The first kappa shape index (κ1) is 16.4. The molecular formula is C14H19NO4S. The Morgan fingerprint density at radius 3 is 2.40 bits per heavy atom. The fourth-order valence-corrected chi connectivity index (χ4v) is 2.93. The van der Waals surface area contributed by atoms with E-state index in [1.165, 1.54) is 6.08 Å².